The van der Waals surface area contributed by atoms with Gasteiger partial charge in [0.25, 0.3) is 0 Å². The first kappa shape index (κ1) is 14.2. The second-order valence-electron chi connectivity index (χ2n) is 6.00. The molecular weight excluding hydrogens is 304 g/mol. The van der Waals surface area contributed by atoms with Crippen molar-refractivity contribution < 1.29 is 9.47 Å². The number of hydrogen-bond donors (Lipinski definition) is 0. The van der Waals surface area contributed by atoms with Crippen LogP contribution >= 0.6 is 11.6 Å². The van der Waals surface area contributed by atoms with E-state index in [1.807, 2.05) is 12.4 Å². The zero-order valence-electron chi connectivity index (χ0n) is 12.6. The number of ether oxygens (including phenoxy) is 2. The van der Waals surface area contributed by atoms with E-state index in [-0.39, 0.29) is 5.60 Å². The monoisotopic (exact) mass is 322 g/mol. The van der Waals surface area contributed by atoms with E-state index in [0.717, 1.165) is 62.5 Å². The van der Waals surface area contributed by atoms with Crippen molar-refractivity contribution in [2.24, 2.45) is 0 Å². The maximum absolute atomic E-state index is 6.25. The van der Waals surface area contributed by atoms with Crippen molar-refractivity contribution >= 4 is 28.5 Å². The highest BCUT2D eigenvalue weighted by Crippen LogP contribution is 2.41. The zero-order chi connectivity index (χ0) is 15.2. The summed E-state index contributed by atoms with van der Waals surface area (Å²) in [6, 6.07) is 1.90. The van der Waals surface area contributed by atoms with Gasteiger partial charge in [-0.05, 0) is 12.8 Å². The predicted octanol–water partition coefficient (Wildman–Crippen LogP) is 2.10. The van der Waals surface area contributed by atoms with Gasteiger partial charge in [0, 0.05) is 26.3 Å². The Morgan fingerprint density at radius 1 is 1.36 bits per heavy atom. The quantitative estimate of drug-likeness (QED) is 0.807. The Morgan fingerprint density at radius 2 is 2.14 bits per heavy atom. The van der Waals surface area contributed by atoms with E-state index in [0.29, 0.717) is 5.15 Å². The van der Waals surface area contributed by atoms with E-state index in [1.165, 1.54) is 0 Å². The summed E-state index contributed by atoms with van der Waals surface area (Å²) in [7, 11) is 1.77. The summed E-state index contributed by atoms with van der Waals surface area (Å²) in [5.41, 5.74) is 2.73. The third-order valence-corrected chi connectivity index (χ3v) is 4.77. The number of rotatable bonds is 4. The summed E-state index contributed by atoms with van der Waals surface area (Å²) in [5.74, 6) is 0. The van der Waals surface area contributed by atoms with Gasteiger partial charge < -0.3 is 18.9 Å². The SMILES string of the molecule is COC1(Cn2cnc3c(N4CCOCC4)cc(Cl)nc32)CC1. The third kappa shape index (κ3) is 2.45. The lowest BCUT2D eigenvalue weighted by atomic mass is 10.3. The molecule has 3 heterocycles. The molecular formula is C15H19ClN4O2. The molecule has 0 N–H and O–H groups in total. The molecule has 2 aliphatic rings. The Balaban J connectivity index is 1.74. The first-order valence-electron chi connectivity index (χ1n) is 7.60. The van der Waals surface area contributed by atoms with Crippen molar-refractivity contribution in [2.75, 3.05) is 38.3 Å². The number of morpholine rings is 1. The van der Waals surface area contributed by atoms with Gasteiger partial charge in [-0.15, -0.1) is 0 Å². The summed E-state index contributed by atoms with van der Waals surface area (Å²) in [5, 5.41) is 0.498. The average Bonchev–Trinajstić information content (AvgIpc) is 3.22. The normalized spacial score (nSPS) is 20.5. The van der Waals surface area contributed by atoms with Crippen molar-refractivity contribution in [1.29, 1.82) is 0 Å². The molecule has 0 atom stereocenters. The minimum absolute atomic E-state index is 0.0449. The van der Waals surface area contributed by atoms with Gasteiger partial charge in [0.1, 0.15) is 10.7 Å². The Bertz CT molecular complexity index is 692. The number of anilines is 1. The molecule has 2 fully saturated rings. The highest BCUT2D eigenvalue weighted by Gasteiger charge is 2.43. The number of aromatic nitrogens is 3. The van der Waals surface area contributed by atoms with Crippen LogP contribution in [0.25, 0.3) is 11.2 Å². The minimum Gasteiger partial charge on any atom is -0.378 e. The van der Waals surface area contributed by atoms with Gasteiger partial charge in [-0.2, -0.15) is 0 Å². The molecule has 0 radical (unpaired) electrons. The molecule has 0 spiro atoms. The van der Waals surface area contributed by atoms with Gasteiger partial charge in [-0.25, -0.2) is 9.97 Å². The summed E-state index contributed by atoms with van der Waals surface area (Å²) < 4.78 is 13.1. The summed E-state index contributed by atoms with van der Waals surface area (Å²) in [4.78, 5) is 11.3. The van der Waals surface area contributed by atoms with Gasteiger partial charge in [0.15, 0.2) is 5.65 Å². The maximum atomic E-state index is 6.25. The van der Waals surface area contributed by atoms with Crippen LogP contribution in [0.3, 0.4) is 0 Å². The number of nitrogens with zero attached hydrogens (tertiary/aromatic N) is 4. The van der Waals surface area contributed by atoms with E-state index in [2.05, 4.69) is 19.4 Å². The van der Waals surface area contributed by atoms with Crippen LogP contribution in [0.4, 0.5) is 5.69 Å². The Morgan fingerprint density at radius 3 is 2.82 bits per heavy atom. The van der Waals surface area contributed by atoms with E-state index in [1.54, 1.807) is 7.11 Å². The van der Waals surface area contributed by atoms with E-state index in [9.17, 15) is 0 Å². The molecule has 2 aromatic rings. The lowest BCUT2D eigenvalue weighted by molar-refractivity contribution is 0.0659. The molecule has 0 aromatic carbocycles. The molecule has 1 saturated heterocycles. The molecule has 2 aromatic heterocycles. The highest BCUT2D eigenvalue weighted by atomic mass is 35.5. The molecule has 0 unspecified atom stereocenters. The Kier molecular flexibility index (Phi) is 3.47. The van der Waals surface area contributed by atoms with Crippen molar-refractivity contribution in [3.63, 3.8) is 0 Å². The van der Waals surface area contributed by atoms with Gasteiger partial charge in [0.05, 0.1) is 37.4 Å². The molecule has 1 aliphatic carbocycles. The van der Waals surface area contributed by atoms with Gasteiger partial charge in [-0.1, -0.05) is 11.6 Å². The molecule has 4 rings (SSSR count). The van der Waals surface area contributed by atoms with E-state index in [4.69, 9.17) is 21.1 Å². The molecule has 118 valence electrons. The standard InChI is InChI=1S/C15H19ClN4O2/c1-21-15(2-3-15)9-20-10-17-13-11(8-12(16)18-14(13)20)19-4-6-22-7-5-19/h8,10H,2-7,9H2,1H3. The first-order valence-corrected chi connectivity index (χ1v) is 7.98. The van der Waals surface area contributed by atoms with Gasteiger partial charge >= 0.3 is 0 Å². The van der Waals surface area contributed by atoms with Crippen LogP contribution in [0.2, 0.25) is 5.15 Å². The predicted molar refractivity (Wildman–Crippen MR) is 84.5 cm³/mol. The van der Waals surface area contributed by atoms with Crippen molar-refractivity contribution in [2.45, 2.75) is 25.0 Å². The number of pyridine rings is 1. The number of halogens is 1. The van der Waals surface area contributed by atoms with Crippen molar-refractivity contribution in [3.8, 4) is 0 Å². The molecule has 22 heavy (non-hydrogen) atoms. The zero-order valence-corrected chi connectivity index (χ0v) is 13.3. The number of fused-ring (bicyclic) bond motifs is 1. The fourth-order valence-electron chi connectivity index (χ4n) is 3.03. The second-order valence-corrected chi connectivity index (χ2v) is 6.38. The largest absolute Gasteiger partial charge is 0.378 e. The lowest BCUT2D eigenvalue weighted by Gasteiger charge is -2.29. The lowest BCUT2D eigenvalue weighted by Crippen LogP contribution is -2.36. The summed E-state index contributed by atoms with van der Waals surface area (Å²) in [6.45, 7) is 3.94. The van der Waals surface area contributed by atoms with Crippen LogP contribution in [-0.2, 0) is 16.0 Å². The minimum atomic E-state index is -0.0449. The molecule has 7 heteroatoms. The van der Waals surface area contributed by atoms with Crippen LogP contribution in [0.15, 0.2) is 12.4 Å². The molecule has 0 bridgehead atoms. The molecule has 0 amide bonds. The van der Waals surface area contributed by atoms with Gasteiger partial charge in [0.2, 0.25) is 0 Å². The maximum Gasteiger partial charge on any atom is 0.163 e. The Labute approximate surface area is 134 Å². The number of hydrogen-bond acceptors (Lipinski definition) is 5. The Hall–Kier alpha value is -1.37. The molecule has 1 aliphatic heterocycles. The topological polar surface area (TPSA) is 52.4 Å². The van der Waals surface area contributed by atoms with Crippen LogP contribution in [0.5, 0.6) is 0 Å². The molecule has 6 nitrogen and oxygen atoms in total. The van der Waals surface area contributed by atoms with Crippen LogP contribution < -0.4 is 4.90 Å². The number of methoxy groups -OCH3 is 1. The second kappa shape index (κ2) is 5.37. The van der Waals surface area contributed by atoms with Crippen LogP contribution in [0, 0.1) is 0 Å². The van der Waals surface area contributed by atoms with Crippen molar-refractivity contribution in [3.05, 3.63) is 17.5 Å². The molecule has 1 saturated carbocycles. The van der Waals surface area contributed by atoms with Crippen LogP contribution in [-0.4, -0.2) is 53.5 Å². The smallest absolute Gasteiger partial charge is 0.163 e. The highest BCUT2D eigenvalue weighted by molar-refractivity contribution is 6.30. The number of imidazole rings is 1. The van der Waals surface area contributed by atoms with E-state index >= 15 is 0 Å². The summed E-state index contributed by atoms with van der Waals surface area (Å²) in [6.07, 6.45) is 4.01. The summed E-state index contributed by atoms with van der Waals surface area (Å²) >= 11 is 6.25. The first-order chi connectivity index (χ1) is 10.7. The third-order valence-electron chi connectivity index (χ3n) is 4.57. The van der Waals surface area contributed by atoms with Crippen LogP contribution in [0.1, 0.15) is 12.8 Å². The fourth-order valence-corrected chi connectivity index (χ4v) is 3.21. The van der Waals surface area contributed by atoms with Crippen molar-refractivity contribution in [1.82, 2.24) is 14.5 Å². The average molecular weight is 323 g/mol. The fraction of sp³-hybridized carbons (Fsp3) is 0.600. The van der Waals surface area contributed by atoms with Gasteiger partial charge in [-0.3, -0.25) is 0 Å². The van der Waals surface area contributed by atoms with E-state index < -0.39 is 0 Å².